The number of aryl methyl sites for hydroxylation is 1. The molecule has 0 aliphatic rings. The second-order valence-electron chi connectivity index (χ2n) is 7.33. The lowest BCUT2D eigenvalue weighted by Gasteiger charge is -2.17. The molecule has 0 bridgehead atoms. The van der Waals surface area contributed by atoms with Crippen LogP contribution in [0.15, 0.2) is 36.7 Å². The van der Waals surface area contributed by atoms with E-state index in [9.17, 15) is 4.79 Å². The monoisotopic (exact) mass is 435 g/mol. The molecule has 0 fully saturated rings. The Morgan fingerprint density at radius 2 is 2.06 bits per heavy atom. The van der Waals surface area contributed by atoms with Crippen molar-refractivity contribution in [3.8, 4) is 11.6 Å². The fraction of sp³-hybridized carbons (Fsp3) is 0.182. The Labute approximate surface area is 183 Å². The molecule has 3 aromatic heterocycles. The number of ether oxygens (including phenoxy) is 1. The number of nitrogens with one attached hydrogen (secondary N) is 3. The lowest BCUT2D eigenvalue weighted by Crippen LogP contribution is -2.24. The zero-order valence-electron chi connectivity index (χ0n) is 18.0. The number of carbonyl (C=O) groups excluding carboxylic acids is 1. The number of fused-ring (bicyclic) bond motifs is 1. The summed E-state index contributed by atoms with van der Waals surface area (Å²) in [7, 11) is 3.19. The minimum Gasteiger partial charge on any atom is -0.435 e. The summed E-state index contributed by atoms with van der Waals surface area (Å²) in [6.07, 6.45) is 4.95. The summed E-state index contributed by atoms with van der Waals surface area (Å²) in [6, 6.07) is 6.65. The Hall–Kier alpha value is -4.21. The van der Waals surface area contributed by atoms with E-state index in [1.165, 1.54) is 17.3 Å². The van der Waals surface area contributed by atoms with E-state index in [0.717, 1.165) is 11.4 Å². The summed E-state index contributed by atoms with van der Waals surface area (Å²) in [5.41, 5.74) is 2.30. The van der Waals surface area contributed by atoms with E-state index in [1.807, 2.05) is 26.0 Å². The van der Waals surface area contributed by atoms with E-state index < -0.39 is 11.7 Å². The third-order valence-electron chi connectivity index (χ3n) is 4.67. The third kappa shape index (κ3) is 4.02. The van der Waals surface area contributed by atoms with Crippen molar-refractivity contribution in [2.75, 3.05) is 19.4 Å². The molecule has 0 aliphatic carbocycles. The number of aromatic amines is 2. The van der Waals surface area contributed by atoms with Crippen molar-refractivity contribution in [3.05, 3.63) is 59.4 Å². The number of H-pyrrole nitrogens is 2. The first kappa shape index (κ1) is 21.0. The van der Waals surface area contributed by atoms with Gasteiger partial charge in [0.05, 0.1) is 5.69 Å². The minimum atomic E-state index is -0.550. The molecular weight excluding hydrogens is 413 g/mol. The molecule has 0 radical (unpaired) electrons. The Morgan fingerprint density at radius 3 is 2.81 bits per heavy atom. The van der Waals surface area contributed by atoms with Gasteiger partial charge in [-0.1, -0.05) is 6.08 Å². The summed E-state index contributed by atoms with van der Waals surface area (Å²) in [4.78, 5) is 25.7. The maximum atomic E-state index is 15.1. The molecule has 1 amide bonds. The minimum absolute atomic E-state index is 0.0518. The average Bonchev–Trinajstić information content (AvgIpc) is 3.36. The van der Waals surface area contributed by atoms with Crippen LogP contribution in [0.1, 0.15) is 28.7 Å². The van der Waals surface area contributed by atoms with Crippen LogP contribution in [0.4, 0.5) is 16.0 Å². The number of amides is 1. The van der Waals surface area contributed by atoms with Gasteiger partial charge >= 0.3 is 0 Å². The van der Waals surface area contributed by atoms with Crippen LogP contribution >= 0.6 is 0 Å². The van der Waals surface area contributed by atoms with Gasteiger partial charge in [-0.05, 0) is 38.1 Å². The van der Waals surface area contributed by atoms with Crippen LogP contribution in [-0.4, -0.2) is 50.1 Å². The maximum absolute atomic E-state index is 15.1. The van der Waals surface area contributed by atoms with Gasteiger partial charge in [-0.3, -0.25) is 9.89 Å². The maximum Gasteiger partial charge on any atom is 0.262 e. The molecule has 0 saturated carbocycles. The van der Waals surface area contributed by atoms with Crippen LogP contribution in [0.5, 0.6) is 11.6 Å². The SMILES string of the molecule is C/C=C/c1cc(Nc2ncnc(Oc3ccc4[nH]c(C)cc4c3F)c2C(=O)N(C)C)n[nH]1. The van der Waals surface area contributed by atoms with Gasteiger partial charge in [0.1, 0.15) is 11.9 Å². The van der Waals surface area contributed by atoms with Crippen molar-refractivity contribution in [2.24, 2.45) is 0 Å². The molecule has 164 valence electrons. The summed E-state index contributed by atoms with van der Waals surface area (Å²) < 4.78 is 20.8. The van der Waals surface area contributed by atoms with Gasteiger partial charge in [-0.2, -0.15) is 5.10 Å². The number of anilines is 2. The molecule has 3 N–H and O–H groups in total. The summed E-state index contributed by atoms with van der Waals surface area (Å²) in [5, 5.41) is 10.4. The Balaban J connectivity index is 1.75. The second kappa shape index (κ2) is 8.50. The van der Waals surface area contributed by atoms with E-state index in [0.29, 0.717) is 16.7 Å². The van der Waals surface area contributed by atoms with Crippen molar-refractivity contribution >= 4 is 34.5 Å². The molecule has 0 atom stereocenters. The molecule has 10 heteroatoms. The van der Waals surface area contributed by atoms with Crippen LogP contribution in [0.3, 0.4) is 0 Å². The molecule has 1 aromatic carbocycles. The van der Waals surface area contributed by atoms with Gasteiger partial charge in [0.15, 0.2) is 23.2 Å². The average molecular weight is 435 g/mol. The zero-order valence-corrected chi connectivity index (χ0v) is 18.0. The largest absolute Gasteiger partial charge is 0.435 e. The number of hydrogen-bond acceptors (Lipinski definition) is 6. The van der Waals surface area contributed by atoms with Crippen LogP contribution in [0.25, 0.3) is 17.0 Å². The van der Waals surface area contributed by atoms with Crippen LogP contribution < -0.4 is 10.1 Å². The first-order valence-corrected chi connectivity index (χ1v) is 9.84. The topological polar surface area (TPSA) is 112 Å². The molecule has 4 rings (SSSR count). The summed E-state index contributed by atoms with van der Waals surface area (Å²) in [5.74, 6) is -0.449. The second-order valence-corrected chi connectivity index (χ2v) is 7.33. The van der Waals surface area contributed by atoms with Crippen molar-refractivity contribution in [2.45, 2.75) is 13.8 Å². The third-order valence-corrected chi connectivity index (χ3v) is 4.67. The van der Waals surface area contributed by atoms with E-state index >= 15 is 4.39 Å². The Bertz CT molecular complexity index is 1320. The quantitative estimate of drug-likeness (QED) is 0.414. The van der Waals surface area contributed by atoms with Gasteiger partial charge in [0.25, 0.3) is 5.91 Å². The number of hydrogen-bond donors (Lipinski definition) is 3. The molecule has 9 nitrogen and oxygen atoms in total. The van der Waals surface area contributed by atoms with E-state index in [2.05, 4.69) is 30.5 Å². The molecule has 0 unspecified atom stereocenters. The molecule has 3 heterocycles. The van der Waals surface area contributed by atoms with Crippen LogP contribution in [-0.2, 0) is 0 Å². The number of rotatable bonds is 6. The normalized spacial score (nSPS) is 11.3. The highest BCUT2D eigenvalue weighted by molar-refractivity contribution is 6.01. The zero-order chi connectivity index (χ0) is 22.8. The number of carbonyl (C=O) groups is 1. The Morgan fingerprint density at radius 1 is 1.25 bits per heavy atom. The first-order valence-electron chi connectivity index (χ1n) is 9.84. The lowest BCUT2D eigenvalue weighted by molar-refractivity contribution is 0.0825. The number of nitrogens with zero attached hydrogens (tertiary/aromatic N) is 4. The predicted molar refractivity (Wildman–Crippen MR) is 120 cm³/mol. The van der Waals surface area contributed by atoms with Crippen LogP contribution in [0, 0.1) is 12.7 Å². The van der Waals surface area contributed by atoms with E-state index in [1.54, 1.807) is 32.3 Å². The number of aromatic nitrogens is 5. The van der Waals surface area contributed by atoms with E-state index in [4.69, 9.17) is 4.74 Å². The van der Waals surface area contributed by atoms with Gasteiger partial charge in [-0.25, -0.2) is 14.4 Å². The highest BCUT2D eigenvalue weighted by Crippen LogP contribution is 2.33. The van der Waals surface area contributed by atoms with Gasteiger partial charge in [-0.15, -0.1) is 0 Å². The smallest absolute Gasteiger partial charge is 0.262 e. The molecule has 0 saturated heterocycles. The molecular formula is C22H22FN7O2. The predicted octanol–water partition coefficient (Wildman–Crippen LogP) is 4.40. The molecule has 0 aliphatic heterocycles. The standard InChI is InChI=1S/C22H22FN7O2/c1-5-6-13-10-17(29-28-13)27-20-18(22(31)30(3)4)21(25-11-24-20)32-16-8-7-15-14(19(16)23)9-12(2)26-15/h5-11,26H,1-4H3,(H2,24,25,27,28,29)/b6-5+. The number of halogens is 1. The van der Waals surface area contributed by atoms with Crippen molar-refractivity contribution in [1.82, 2.24) is 30.0 Å². The first-order chi connectivity index (χ1) is 15.4. The molecule has 0 spiro atoms. The lowest BCUT2D eigenvalue weighted by atomic mass is 10.2. The van der Waals surface area contributed by atoms with Crippen molar-refractivity contribution < 1.29 is 13.9 Å². The fourth-order valence-electron chi connectivity index (χ4n) is 3.22. The fourth-order valence-corrected chi connectivity index (χ4v) is 3.22. The molecule has 32 heavy (non-hydrogen) atoms. The van der Waals surface area contributed by atoms with Gasteiger partial charge in [0, 0.05) is 36.8 Å². The van der Waals surface area contributed by atoms with Crippen molar-refractivity contribution in [3.63, 3.8) is 0 Å². The number of benzene rings is 1. The van der Waals surface area contributed by atoms with Crippen LogP contribution in [0.2, 0.25) is 0 Å². The highest BCUT2D eigenvalue weighted by Gasteiger charge is 2.24. The van der Waals surface area contributed by atoms with Crippen molar-refractivity contribution in [1.29, 1.82) is 0 Å². The highest BCUT2D eigenvalue weighted by atomic mass is 19.1. The van der Waals surface area contributed by atoms with Gasteiger partial charge in [0.2, 0.25) is 5.88 Å². The Kier molecular flexibility index (Phi) is 5.59. The summed E-state index contributed by atoms with van der Waals surface area (Å²) in [6.45, 7) is 3.73. The molecule has 4 aromatic rings. The number of allylic oxidation sites excluding steroid dienone is 1. The summed E-state index contributed by atoms with van der Waals surface area (Å²) >= 11 is 0. The van der Waals surface area contributed by atoms with Gasteiger partial charge < -0.3 is 19.9 Å². The van der Waals surface area contributed by atoms with E-state index in [-0.39, 0.29) is 23.0 Å².